The first-order chi connectivity index (χ1) is 14.2. The van der Waals surface area contributed by atoms with Crippen LogP contribution in [0, 0.1) is 0 Å². The van der Waals surface area contributed by atoms with Crippen LogP contribution in [0.5, 0.6) is 17.2 Å². The number of hydrogen-bond acceptors (Lipinski definition) is 6. The summed E-state index contributed by atoms with van der Waals surface area (Å²) < 4.78 is 16.8. The lowest BCUT2D eigenvalue weighted by atomic mass is 9.93. The van der Waals surface area contributed by atoms with E-state index in [-0.39, 0.29) is 5.92 Å². The Morgan fingerprint density at radius 1 is 1.17 bits per heavy atom. The van der Waals surface area contributed by atoms with Gasteiger partial charge in [0.1, 0.15) is 17.2 Å². The molecule has 2 heterocycles. The molecule has 6 nitrogen and oxygen atoms in total. The van der Waals surface area contributed by atoms with Gasteiger partial charge in [-0.1, -0.05) is 24.3 Å². The molecule has 0 amide bonds. The van der Waals surface area contributed by atoms with Crippen molar-refractivity contribution in [3.63, 3.8) is 0 Å². The Labute approximate surface area is 170 Å². The molecule has 1 aliphatic heterocycles. The summed E-state index contributed by atoms with van der Waals surface area (Å²) in [6.07, 6.45) is 3.26. The molecule has 2 atom stereocenters. The van der Waals surface area contributed by atoms with Gasteiger partial charge in [0.25, 0.3) is 0 Å². The molecule has 1 unspecified atom stereocenters. The van der Waals surface area contributed by atoms with E-state index in [1.165, 1.54) is 7.11 Å². The molecule has 0 fully saturated rings. The average molecular weight is 392 g/mol. The molecule has 2 aromatic carbocycles. The van der Waals surface area contributed by atoms with Crippen molar-refractivity contribution in [2.75, 3.05) is 25.6 Å². The van der Waals surface area contributed by atoms with Crippen molar-refractivity contribution >= 4 is 5.69 Å². The number of para-hydroxylation sites is 1. The van der Waals surface area contributed by atoms with Gasteiger partial charge in [-0.2, -0.15) is 0 Å². The molecular formula is C23H24N2O4. The average Bonchev–Trinajstić information content (AvgIpc) is 2.78. The molecule has 150 valence electrons. The number of benzene rings is 2. The first-order valence-corrected chi connectivity index (χ1v) is 9.63. The Morgan fingerprint density at radius 3 is 2.86 bits per heavy atom. The highest BCUT2D eigenvalue weighted by Gasteiger charge is 2.23. The molecule has 1 aliphatic rings. The molecule has 3 aromatic rings. The van der Waals surface area contributed by atoms with Crippen molar-refractivity contribution < 1.29 is 19.3 Å². The lowest BCUT2D eigenvalue weighted by Gasteiger charge is -2.27. The fraction of sp³-hybridized carbons (Fsp3) is 0.261. The maximum Gasteiger partial charge on any atom is 0.182 e. The summed E-state index contributed by atoms with van der Waals surface area (Å²) in [4.78, 5) is 4.15. The third-order valence-corrected chi connectivity index (χ3v) is 5.01. The number of ether oxygens (including phenoxy) is 3. The van der Waals surface area contributed by atoms with Gasteiger partial charge in [0.2, 0.25) is 0 Å². The van der Waals surface area contributed by atoms with Crippen molar-refractivity contribution in [1.82, 2.24) is 4.98 Å². The Morgan fingerprint density at radius 2 is 2.03 bits per heavy atom. The van der Waals surface area contributed by atoms with Crippen molar-refractivity contribution in [3.05, 3.63) is 78.1 Å². The first-order valence-electron chi connectivity index (χ1n) is 9.63. The van der Waals surface area contributed by atoms with Crippen LogP contribution in [0.4, 0.5) is 5.69 Å². The number of aliphatic hydroxyl groups excluding tert-OH is 1. The van der Waals surface area contributed by atoms with E-state index in [9.17, 15) is 5.11 Å². The molecular weight excluding hydrogens is 368 g/mol. The van der Waals surface area contributed by atoms with Gasteiger partial charge in [-0.15, -0.1) is 0 Å². The number of fused-ring (bicyclic) bond motifs is 1. The lowest BCUT2D eigenvalue weighted by Crippen LogP contribution is -2.21. The van der Waals surface area contributed by atoms with Crippen LogP contribution in [0.15, 0.2) is 67.0 Å². The van der Waals surface area contributed by atoms with Gasteiger partial charge in [-0.25, -0.2) is 0 Å². The van der Waals surface area contributed by atoms with Crippen LogP contribution in [-0.2, 0) is 4.74 Å². The van der Waals surface area contributed by atoms with Crippen molar-refractivity contribution in [3.8, 4) is 17.2 Å². The van der Waals surface area contributed by atoms with Gasteiger partial charge in [0, 0.05) is 37.4 Å². The minimum absolute atomic E-state index is 0.275. The largest absolute Gasteiger partial charge is 0.493 e. The van der Waals surface area contributed by atoms with Gasteiger partial charge in [0.05, 0.1) is 18.5 Å². The van der Waals surface area contributed by atoms with Crippen LogP contribution in [0.2, 0.25) is 0 Å². The molecule has 0 saturated heterocycles. The number of rotatable bonds is 7. The fourth-order valence-corrected chi connectivity index (χ4v) is 3.47. The number of hydrogen-bond donors (Lipinski definition) is 2. The molecule has 0 spiro atoms. The molecule has 1 aromatic heterocycles. The van der Waals surface area contributed by atoms with Gasteiger partial charge < -0.3 is 24.6 Å². The van der Waals surface area contributed by atoms with Crippen LogP contribution in [-0.4, -0.2) is 30.4 Å². The zero-order valence-corrected chi connectivity index (χ0v) is 16.2. The third-order valence-electron chi connectivity index (χ3n) is 5.01. The highest BCUT2D eigenvalue weighted by molar-refractivity contribution is 5.51. The van der Waals surface area contributed by atoms with E-state index >= 15 is 0 Å². The number of methoxy groups -OCH3 is 1. The van der Waals surface area contributed by atoms with Gasteiger partial charge in [-0.05, 0) is 36.2 Å². The van der Waals surface area contributed by atoms with E-state index in [1.807, 2.05) is 42.5 Å². The predicted molar refractivity (Wildman–Crippen MR) is 111 cm³/mol. The van der Waals surface area contributed by atoms with E-state index in [0.29, 0.717) is 18.7 Å². The minimum Gasteiger partial charge on any atom is -0.493 e. The van der Waals surface area contributed by atoms with E-state index in [0.717, 1.165) is 34.9 Å². The van der Waals surface area contributed by atoms with Gasteiger partial charge >= 0.3 is 0 Å². The quantitative estimate of drug-likeness (QED) is 0.577. The minimum atomic E-state index is -0.986. The number of pyridine rings is 1. The summed E-state index contributed by atoms with van der Waals surface area (Å²) in [5.74, 6) is 2.67. The maximum absolute atomic E-state index is 10.0. The van der Waals surface area contributed by atoms with Crippen LogP contribution in [0.3, 0.4) is 0 Å². The summed E-state index contributed by atoms with van der Waals surface area (Å²) in [6.45, 7) is 1.35. The lowest BCUT2D eigenvalue weighted by molar-refractivity contribution is -0.0764. The monoisotopic (exact) mass is 392 g/mol. The number of nitrogens with zero attached hydrogens (tertiary/aromatic N) is 1. The Balaban J connectivity index is 1.48. The molecule has 0 saturated carbocycles. The van der Waals surface area contributed by atoms with Crippen molar-refractivity contribution in [1.29, 1.82) is 0 Å². The standard InChI is InChI=1S/C23H24N2O4/c1-27-23(26)20-9-11-24-15-21(20)25-14-16-10-12-28-22-13-18(7-8-19(16)22)29-17-5-3-2-4-6-17/h2-9,11,13,15-16,23,25-26H,10,12,14H2,1H3/t16-,23?/m1/s1. The Bertz CT molecular complexity index is 949. The zero-order valence-electron chi connectivity index (χ0n) is 16.2. The maximum atomic E-state index is 10.0. The molecule has 2 N–H and O–H groups in total. The number of nitrogens with one attached hydrogen (secondary N) is 1. The summed E-state index contributed by atoms with van der Waals surface area (Å²) in [5.41, 5.74) is 2.57. The van der Waals surface area contributed by atoms with E-state index in [2.05, 4.69) is 16.4 Å². The van der Waals surface area contributed by atoms with Crippen LogP contribution in [0.25, 0.3) is 0 Å². The fourth-order valence-electron chi connectivity index (χ4n) is 3.47. The number of aromatic nitrogens is 1. The molecule has 29 heavy (non-hydrogen) atoms. The van der Waals surface area contributed by atoms with Gasteiger partial charge in [-0.3, -0.25) is 4.98 Å². The Kier molecular flexibility index (Phi) is 5.93. The van der Waals surface area contributed by atoms with E-state index in [4.69, 9.17) is 14.2 Å². The predicted octanol–water partition coefficient (Wildman–Crippen LogP) is 4.49. The summed E-state index contributed by atoms with van der Waals surface area (Å²) >= 11 is 0. The highest BCUT2D eigenvalue weighted by Crippen LogP contribution is 2.37. The SMILES string of the molecule is COC(O)c1ccncc1NC[C@H]1CCOc2cc(Oc3ccccc3)ccc21. The summed E-state index contributed by atoms with van der Waals surface area (Å²) in [5, 5.41) is 13.4. The third kappa shape index (κ3) is 4.50. The van der Waals surface area contributed by atoms with Gasteiger partial charge in [0.15, 0.2) is 6.29 Å². The molecule has 4 rings (SSSR count). The second kappa shape index (κ2) is 8.94. The normalized spacial score (nSPS) is 16.4. The van der Waals surface area contributed by atoms with Crippen LogP contribution >= 0.6 is 0 Å². The van der Waals surface area contributed by atoms with Crippen LogP contribution in [0.1, 0.15) is 29.8 Å². The first kappa shape index (κ1) is 19.2. The summed E-state index contributed by atoms with van der Waals surface area (Å²) in [6, 6.07) is 17.4. The van der Waals surface area contributed by atoms with E-state index in [1.54, 1.807) is 18.5 Å². The number of aliphatic hydroxyl groups is 1. The van der Waals surface area contributed by atoms with Crippen LogP contribution < -0.4 is 14.8 Å². The van der Waals surface area contributed by atoms with Crippen molar-refractivity contribution in [2.45, 2.75) is 18.6 Å². The number of anilines is 1. The highest BCUT2D eigenvalue weighted by atomic mass is 16.6. The molecule has 0 bridgehead atoms. The second-order valence-corrected chi connectivity index (χ2v) is 6.88. The molecule has 0 radical (unpaired) electrons. The topological polar surface area (TPSA) is 72.8 Å². The molecule has 0 aliphatic carbocycles. The van der Waals surface area contributed by atoms with E-state index < -0.39 is 6.29 Å². The molecule has 6 heteroatoms. The second-order valence-electron chi connectivity index (χ2n) is 6.88. The smallest absolute Gasteiger partial charge is 0.182 e. The summed E-state index contributed by atoms with van der Waals surface area (Å²) in [7, 11) is 1.47. The Hall–Kier alpha value is -3.09. The zero-order chi connectivity index (χ0) is 20.1. The van der Waals surface area contributed by atoms with Crippen molar-refractivity contribution in [2.24, 2.45) is 0 Å².